The van der Waals surface area contributed by atoms with Crippen molar-refractivity contribution in [2.24, 2.45) is 5.92 Å². The van der Waals surface area contributed by atoms with E-state index in [1.807, 2.05) is 0 Å². The molecular weight excluding hydrogens is 224 g/mol. The Labute approximate surface area is 101 Å². The number of rotatable bonds is 4. The lowest BCUT2D eigenvalue weighted by Gasteiger charge is -2.09. The summed E-state index contributed by atoms with van der Waals surface area (Å²) in [6.45, 7) is 0.187. The van der Waals surface area contributed by atoms with Crippen molar-refractivity contribution in [3.63, 3.8) is 0 Å². The number of hydrogen-bond donors (Lipinski definition) is 0. The van der Waals surface area contributed by atoms with Gasteiger partial charge in [0.2, 0.25) is 0 Å². The maximum atomic E-state index is 11.7. The Morgan fingerprint density at radius 3 is 2.50 bits per heavy atom. The van der Waals surface area contributed by atoms with E-state index >= 15 is 0 Å². The third-order valence-corrected chi connectivity index (χ3v) is 3.26. The molecule has 0 unspecified atom stereocenters. The Kier molecular flexibility index (Phi) is 3.83. The quantitative estimate of drug-likeness (QED) is 0.803. The molecule has 86 valence electrons. The smallest absolute Gasteiger partial charge is 0.173 e. The van der Waals surface area contributed by atoms with Crippen molar-refractivity contribution in [2.45, 2.75) is 25.7 Å². The molecule has 2 rings (SSSR count). The zero-order valence-electron chi connectivity index (χ0n) is 9.12. The minimum atomic E-state index is 0.187. The van der Waals surface area contributed by atoms with Crippen molar-refractivity contribution < 1.29 is 9.53 Å². The van der Waals surface area contributed by atoms with Crippen molar-refractivity contribution in [1.82, 2.24) is 0 Å². The third kappa shape index (κ3) is 2.99. The van der Waals surface area contributed by atoms with Gasteiger partial charge in [0.05, 0.1) is 0 Å². The Morgan fingerprint density at radius 2 is 1.88 bits per heavy atom. The van der Waals surface area contributed by atoms with E-state index in [0.29, 0.717) is 10.8 Å². The van der Waals surface area contributed by atoms with Crippen LogP contribution in [0.25, 0.3) is 0 Å². The Hall–Kier alpha value is -1.02. The van der Waals surface area contributed by atoms with Crippen molar-refractivity contribution in [2.75, 3.05) is 6.61 Å². The molecule has 16 heavy (non-hydrogen) atoms. The molecule has 0 saturated heterocycles. The number of halogens is 1. The van der Waals surface area contributed by atoms with Crippen LogP contribution in [0, 0.1) is 5.92 Å². The Bertz CT molecular complexity index is 353. The van der Waals surface area contributed by atoms with Gasteiger partial charge in [0.25, 0.3) is 0 Å². The normalized spacial score (nSPS) is 16.3. The van der Waals surface area contributed by atoms with Crippen LogP contribution in [0.15, 0.2) is 24.3 Å². The average molecular weight is 239 g/mol. The molecule has 2 nitrogen and oxygen atoms in total. The van der Waals surface area contributed by atoms with Gasteiger partial charge in [-0.3, -0.25) is 4.79 Å². The van der Waals surface area contributed by atoms with E-state index in [2.05, 4.69) is 0 Å². The van der Waals surface area contributed by atoms with Crippen molar-refractivity contribution in [3.05, 3.63) is 29.3 Å². The number of hydrogen-bond acceptors (Lipinski definition) is 2. The highest BCUT2D eigenvalue weighted by atomic mass is 35.5. The highest BCUT2D eigenvalue weighted by molar-refractivity contribution is 6.30. The van der Waals surface area contributed by atoms with Crippen LogP contribution in [-0.4, -0.2) is 12.4 Å². The van der Waals surface area contributed by atoms with Crippen LogP contribution < -0.4 is 4.74 Å². The van der Waals surface area contributed by atoms with E-state index in [9.17, 15) is 4.79 Å². The zero-order chi connectivity index (χ0) is 11.4. The number of carbonyl (C=O) groups excluding carboxylic acids is 1. The van der Waals surface area contributed by atoms with Gasteiger partial charge >= 0.3 is 0 Å². The van der Waals surface area contributed by atoms with Crippen molar-refractivity contribution in [1.29, 1.82) is 0 Å². The molecule has 0 aromatic heterocycles. The summed E-state index contributed by atoms with van der Waals surface area (Å²) in [4.78, 5) is 11.7. The van der Waals surface area contributed by atoms with Crippen molar-refractivity contribution >= 4 is 17.4 Å². The van der Waals surface area contributed by atoms with Crippen LogP contribution >= 0.6 is 11.6 Å². The summed E-state index contributed by atoms with van der Waals surface area (Å²) in [5.41, 5.74) is 0. The number of benzene rings is 1. The largest absolute Gasteiger partial charge is 0.486 e. The van der Waals surface area contributed by atoms with Gasteiger partial charge in [-0.1, -0.05) is 24.4 Å². The van der Waals surface area contributed by atoms with Gasteiger partial charge in [-0.05, 0) is 37.1 Å². The molecule has 0 atom stereocenters. The topological polar surface area (TPSA) is 26.3 Å². The molecule has 1 aromatic rings. The second-order valence-corrected chi connectivity index (χ2v) is 4.63. The predicted octanol–water partition coefficient (Wildman–Crippen LogP) is 3.48. The predicted molar refractivity (Wildman–Crippen MR) is 63.9 cm³/mol. The minimum absolute atomic E-state index is 0.187. The van der Waals surface area contributed by atoms with Gasteiger partial charge in [0.1, 0.15) is 12.4 Å². The van der Waals surface area contributed by atoms with Crippen LogP contribution in [0.4, 0.5) is 0 Å². The summed E-state index contributed by atoms with van der Waals surface area (Å²) in [7, 11) is 0. The lowest BCUT2D eigenvalue weighted by Crippen LogP contribution is -2.19. The molecule has 1 aromatic carbocycles. The molecule has 0 aliphatic heterocycles. The first-order valence-electron chi connectivity index (χ1n) is 5.67. The highest BCUT2D eigenvalue weighted by Crippen LogP contribution is 2.25. The van der Waals surface area contributed by atoms with Crippen LogP contribution in [0.3, 0.4) is 0 Å². The molecule has 0 spiro atoms. The Morgan fingerprint density at radius 1 is 1.25 bits per heavy atom. The fraction of sp³-hybridized carbons (Fsp3) is 0.462. The summed E-state index contributed by atoms with van der Waals surface area (Å²) < 4.78 is 5.43. The van der Waals surface area contributed by atoms with E-state index in [-0.39, 0.29) is 18.3 Å². The Balaban J connectivity index is 1.82. The second kappa shape index (κ2) is 5.35. The fourth-order valence-electron chi connectivity index (χ4n) is 2.05. The van der Waals surface area contributed by atoms with Gasteiger partial charge in [-0.2, -0.15) is 0 Å². The van der Waals surface area contributed by atoms with Gasteiger partial charge < -0.3 is 4.74 Å². The molecule has 1 fully saturated rings. The average Bonchev–Trinajstić information content (AvgIpc) is 2.81. The van der Waals surface area contributed by atoms with Gasteiger partial charge in [0.15, 0.2) is 5.78 Å². The summed E-state index contributed by atoms with van der Waals surface area (Å²) >= 11 is 5.76. The number of ether oxygens (including phenoxy) is 1. The summed E-state index contributed by atoms with van der Waals surface area (Å²) in [6.07, 6.45) is 4.42. The van der Waals surface area contributed by atoms with E-state index in [1.54, 1.807) is 24.3 Å². The first-order valence-corrected chi connectivity index (χ1v) is 6.04. The molecular formula is C13H15ClO2. The number of carbonyl (C=O) groups is 1. The maximum Gasteiger partial charge on any atom is 0.173 e. The maximum absolute atomic E-state index is 11.7. The molecule has 1 saturated carbocycles. The van der Waals surface area contributed by atoms with Crippen LogP contribution in [0.2, 0.25) is 5.02 Å². The minimum Gasteiger partial charge on any atom is -0.486 e. The van der Waals surface area contributed by atoms with Gasteiger partial charge in [-0.15, -0.1) is 0 Å². The van der Waals surface area contributed by atoms with Gasteiger partial charge in [0, 0.05) is 10.9 Å². The van der Waals surface area contributed by atoms with Crippen LogP contribution in [0.1, 0.15) is 25.7 Å². The molecule has 0 radical (unpaired) electrons. The first-order chi connectivity index (χ1) is 7.75. The molecule has 1 aliphatic rings. The highest BCUT2D eigenvalue weighted by Gasteiger charge is 2.22. The van der Waals surface area contributed by atoms with Crippen LogP contribution in [-0.2, 0) is 4.79 Å². The third-order valence-electron chi connectivity index (χ3n) is 3.01. The fourth-order valence-corrected chi connectivity index (χ4v) is 2.18. The number of Topliss-reactive ketones (excluding diaryl/α,β-unsaturated/α-hetero) is 1. The SMILES string of the molecule is O=C(COc1ccc(Cl)cc1)C1CCCC1. The summed E-state index contributed by atoms with van der Waals surface area (Å²) in [5, 5.41) is 0.675. The van der Waals surface area contributed by atoms with E-state index in [0.717, 1.165) is 12.8 Å². The second-order valence-electron chi connectivity index (χ2n) is 4.19. The molecule has 3 heteroatoms. The van der Waals surface area contributed by atoms with E-state index < -0.39 is 0 Å². The molecule has 0 heterocycles. The lowest BCUT2D eigenvalue weighted by molar-refractivity contribution is -0.124. The summed E-state index contributed by atoms with van der Waals surface area (Å²) in [6, 6.07) is 7.09. The lowest BCUT2D eigenvalue weighted by atomic mass is 10.0. The van der Waals surface area contributed by atoms with E-state index in [4.69, 9.17) is 16.3 Å². The van der Waals surface area contributed by atoms with Gasteiger partial charge in [-0.25, -0.2) is 0 Å². The molecule has 0 bridgehead atoms. The molecule has 1 aliphatic carbocycles. The monoisotopic (exact) mass is 238 g/mol. The molecule has 0 N–H and O–H groups in total. The first kappa shape index (κ1) is 11.5. The molecule has 0 amide bonds. The standard InChI is InChI=1S/C13H15ClO2/c14-11-5-7-12(8-6-11)16-9-13(15)10-3-1-2-4-10/h5-8,10H,1-4,9H2. The summed E-state index contributed by atoms with van der Waals surface area (Å²) in [5.74, 6) is 1.16. The van der Waals surface area contributed by atoms with E-state index in [1.165, 1.54) is 12.8 Å². The van der Waals surface area contributed by atoms with Crippen molar-refractivity contribution in [3.8, 4) is 5.75 Å². The van der Waals surface area contributed by atoms with Crippen LogP contribution in [0.5, 0.6) is 5.75 Å². The zero-order valence-corrected chi connectivity index (χ0v) is 9.87. The number of ketones is 1.